The first-order valence-electron chi connectivity index (χ1n) is 4.38. The Morgan fingerprint density at radius 3 is 2.64 bits per heavy atom. The van der Waals surface area contributed by atoms with Crippen LogP contribution >= 0.6 is 11.8 Å². The molecule has 1 heterocycles. The molecule has 1 aromatic rings. The summed E-state index contributed by atoms with van der Waals surface area (Å²) in [4.78, 5) is 8.55. The van der Waals surface area contributed by atoms with E-state index in [4.69, 9.17) is 10.5 Å². The zero-order valence-electron chi connectivity index (χ0n) is 8.70. The average Bonchev–Trinajstić information content (AvgIpc) is 2.20. The number of aryl methyl sites for hydroxylation is 1. The number of hydrogen-bond acceptors (Lipinski definition) is 5. The highest BCUT2D eigenvalue weighted by molar-refractivity contribution is 7.98. The zero-order chi connectivity index (χ0) is 10.6. The summed E-state index contributed by atoms with van der Waals surface area (Å²) < 4.78 is 5.20. The van der Waals surface area contributed by atoms with Crippen molar-refractivity contribution in [3.05, 3.63) is 11.4 Å². The highest BCUT2D eigenvalue weighted by Gasteiger charge is 2.11. The smallest absolute Gasteiger partial charge is 0.220 e. The van der Waals surface area contributed by atoms with Crippen molar-refractivity contribution in [2.75, 3.05) is 19.9 Å². The fourth-order valence-electron chi connectivity index (χ4n) is 1.24. The second-order valence-corrected chi connectivity index (χ2v) is 3.60. The van der Waals surface area contributed by atoms with Gasteiger partial charge in [0.15, 0.2) is 0 Å². The molecule has 2 N–H and O–H groups in total. The highest BCUT2D eigenvalue weighted by Crippen LogP contribution is 2.25. The molecule has 0 aromatic carbocycles. The molecule has 0 saturated carbocycles. The third kappa shape index (κ3) is 2.36. The van der Waals surface area contributed by atoms with Crippen molar-refractivity contribution in [1.29, 1.82) is 0 Å². The summed E-state index contributed by atoms with van der Waals surface area (Å²) in [7, 11) is 1.62. The van der Waals surface area contributed by atoms with Crippen LogP contribution in [0, 0.1) is 6.92 Å². The molecule has 5 heteroatoms. The van der Waals surface area contributed by atoms with E-state index in [9.17, 15) is 0 Å². The van der Waals surface area contributed by atoms with Crippen molar-refractivity contribution >= 4 is 11.8 Å². The monoisotopic (exact) mass is 213 g/mol. The summed E-state index contributed by atoms with van der Waals surface area (Å²) >= 11 is 1.59. The summed E-state index contributed by atoms with van der Waals surface area (Å²) in [6.45, 7) is 2.44. The minimum atomic E-state index is 0.580. The zero-order valence-corrected chi connectivity index (χ0v) is 9.52. The molecule has 1 aromatic heterocycles. The maximum Gasteiger partial charge on any atom is 0.220 e. The average molecular weight is 213 g/mol. The highest BCUT2D eigenvalue weighted by atomic mass is 32.2. The van der Waals surface area contributed by atoms with Gasteiger partial charge in [0.2, 0.25) is 5.88 Å². The van der Waals surface area contributed by atoms with Gasteiger partial charge in [0.25, 0.3) is 0 Å². The Balaban J connectivity index is 3.18. The molecule has 0 fully saturated rings. The van der Waals surface area contributed by atoms with Gasteiger partial charge in [0.05, 0.1) is 7.11 Å². The van der Waals surface area contributed by atoms with Crippen molar-refractivity contribution in [2.45, 2.75) is 18.4 Å². The van der Waals surface area contributed by atoms with Crippen LogP contribution in [0.3, 0.4) is 0 Å². The molecule has 0 aliphatic carbocycles. The summed E-state index contributed by atoms with van der Waals surface area (Å²) in [5.74, 6) is 1.37. The normalized spacial score (nSPS) is 10.3. The standard InChI is InChI=1S/C9H15N3OS/c1-6-11-8(13-2)7(4-5-10)9(12-6)14-3/h4-5,10H2,1-3H3. The van der Waals surface area contributed by atoms with Gasteiger partial charge in [-0.05, 0) is 26.1 Å². The number of nitrogens with zero attached hydrogens (tertiary/aromatic N) is 2. The fourth-order valence-corrected chi connectivity index (χ4v) is 1.90. The molecule has 0 unspecified atom stereocenters. The van der Waals surface area contributed by atoms with Gasteiger partial charge in [-0.2, -0.15) is 4.98 Å². The van der Waals surface area contributed by atoms with Gasteiger partial charge in [-0.1, -0.05) is 0 Å². The summed E-state index contributed by atoms with van der Waals surface area (Å²) in [6.07, 6.45) is 2.74. The van der Waals surface area contributed by atoms with Crippen molar-refractivity contribution in [3.8, 4) is 5.88 Å². The van der Waals surface area contributed by atoms with Gasteiger partial charge in [-0.15, -0.1) is 11.8 Å². The third-order valence-corrected chi connectivity index (χ3v) is 2.55. The quantitative estimate of drug-likeness (QED) is 0.597. The third-order valence-electron chi connectivity index (χ3n) is 1.82. The number of aromatic nitrogens is 2. The molecule has 0 spiro atoms. The van der Waals surface area contributed by atoms with Gasteiger partial charge in [0.1, 0.15) is 10.9 Å². The Morgan fingerprint density at radius 1 is 1.43 bits per heavy atom. The van der Waals surface area contributed by atoms with Crippen LogP contribution < -0.4 is 10.5 Å². The first kappa shape index (κ1) is 11.3. The van der Waals surface area contributed by atoms with Crippen molar-refractivity contribution < 1.29 is 4.74 Å². The minimum Gasteiger partial charge on any atom is -0.481 e. The van der Waals surface area contributed by atoms with Crippen LogP contribution in [0.1, 0.15) is 11.4 Å². The maximum absolute atomic E-state index is 5.53. The summed E-state index contributed by atoms with van der Waals surface area (Å²) in [5, 5.41) is 0.958. The topological polar surface area (TPSA) is 61.0 Å². The van der Waals surface area contributed by atoms with Gasteiger partial charge < -0.3 is 10.5 Å². The lowest BCUT2D eigenvalue weighted by Crippen LogP contribution is -2.08. The van der Waals surface area contributed by atoms with Crippen LogP contribution in [0.15, 0.2) is 5.03 Å². The summed E-state index contributed by atoms with van der Waals surface area (Å²) in [5.41, 5.74) is 6.53. The second-order valence-electron chi connectivity index (χ2n) is 2.81. The molecule has 0 atom stereocenters. The molecular formula is C9H15N3OS. The molecule has 1 rings (SSSR count). The maximum atomic E-state index is 5.53. The van der Waals surface area contributed by atoms with Gasteiger partial charge in [-0.3, -0.25) is 0 Å². The Labute approximate surface area is 88.3 Å². The van der Waals surface area contributed by atoms with Crippen LogP contribution in [0.5, 0.6) is 5.88 Å². The number of methoxy groups -OCH3 is 1. The Bertz CT molecular complexity index is 292. The lowest BCUT2D eigenvalue weighted by Gasteiger charge is -2.10. The van der Waals surface area contributed by atoms with E-state index in [1.54, 1.807) is 18.9 Å². The molecular weight excluding hydrogens is 198 g/mol. The van der Waals surface area contributed by atoms with E-state index in [0.29, 0.717) is 12.4 Å². The fraction of sp³-hybridized carbons (Fsp3) is 0.556. The van der Waals surface area contributed by atoms with Crippen LogP contribution in [0.2, 0.25) is 0 Å². The summed E-state index contributed by atoms with van der Waals surface area (Å²) in [6, 6.07) is 0. The van der Waals surface area contributed by atoms with E-state index >= 15 is 0 Å². The lowest BCUT2D eigenvalue weighted by molar-refractivity contribution is 0.387. The van der Waals surface area contributed by atoms with E-state index in [1.807, 2.05) is 13.2 Å². The van der Waals surface area contributed by atoms with Gasteiger partial charge in [0, 0.05) is 5.56 Å². The Hall–Kier alpha value is -0.810. The van der Waals surface area contributed by atoms with Crippen LogP contribution in [-0.4, -0.2) is 29.9 Å². The Morgan fingerprint density at radius 2 is 2.14 bits per heavy atom. The van der Waals surface area contributed by atoms with Crippen molar-refractivity contribution in [1.82, 2.24) is 9.97 Å². The molecule has 0 amide bonds. The second kappa shape index (κ2) is 5.17. The van der Waals surface area contributed by atoms with Crippen molar-refractivity contribution in [2.24, 2.45) is 5.73 Å². The first-order valence-corrected chi connectivity index (χ1v) is 5.61. The predicted octanol–water partition coefficient (Wildman–Crippen LogP) is 1.02. The molecule has 0 bridgehead atoms. The molecule has 14 heavy (non-hydrogen) atoms. The van der Waals surface area contributed by atoms with Crippen LogP contribution in [0.25, 0.3) is 0 Å². The lowest BCUT2D eigenvalue weighted by atomic mass is 10.2. The molecule has 78 valence electrons. The first-order chi connectivity index (χ1) is 6.72. The largest absolute Gasteiger partial charge is 0.481 e. The van der Waals surface area contributed by atoms with E-state index in [0.717, 1.165) is 22.8 Å². The van der Waals surface area contributed by atoms with Crippen LogP contribution in [0.4, 0.5) is 0 Å². The molecule has 4 nitrogen and oxygen atoms in total. The van der Waals surface area contributed by atoms with Crippen LogP contribution in [-0.2, 0) is 6.42 Å². The molecule has 0 aliphatic heterocycles. The van der Waals surface area contributed by atoms with Crippen molar-refractivity contribution in [3.63, 3.8) is 0 Å². The molecule has 0 radical (unpaired) electrons. The number of rotatable bonds is 4. The number of nitrogens with two attached hydrogens (primary N) is 1. The molecule has 0 saturated heterocycles. The van der Waals surface area contributed by atoms with E-state index in [-0.39, 0.29) is 0 Å². The minimum absolute atomic E-state index is 0.580. The number of thioether (sulfide) groups is 1. The number of ether oxygens (including phenoxy) is 1. The van der Waals surface area contributed by atoms with E-state index in [1.165, 1.54) is 0 Å². The van der Waals surface area contributed by atoms with Gasteiger partial charge in [-0.25, -0.2) is 4.98 Å². The number of hydrogen-bond donors (Lipinski definition) is 1. The van der Waals surface area contributed by atoms with E-state index in [2.05, 4.69) is 9.97 Å². The molecule has 0 aliphatic rings. The Kier molecular flexibility index (Phi) is 4.16. The predicted molar refractivity (Wildman–Crippen MR) is 57.9 cm³/mol. The van der Waals surface area contributed by atoms with Gasteiger partial charge >= 0.3 is 0 Å². The SMILES string of the molecule is COc1nc(C)nc(SC)c1CCN. The van der Waals surface area contributed by atoms with E-state index < -0.39 is 0 Å².